The van der Waals surface area contributed by atoms with E-state index < -0.39 is 8.07 Å². The monoisotopic (exact) mass is 217 g/mol. The van der Waals surface area contributed by atoms with Crippen molar-refractivity contribution in [1.82, 2.24) is 4.98 Å². The first-order valence-corrected chi connectivity index (χ1v) is 8.61. The van der Waals surface area contributed by atoms with Crippen molar-refractivity contribution >= 4 is 24.3 Å². The lowest BCUT2D eigenvalue weighted by atomic mass is 10.2. The van der Waals surface area contributed by atoms with Crippen molar-refractivity contribution in [2.45, 2.75) is 19.6 Å². The summed E-state index contributed by atoms with van der Waals surface area (Å²) in [6, 6.07) is 9.43. The van der Waals surface area contributed by atoms with Crippen LogP contribution in [0.3, 0.4) is 0 Å². The molecule has 2 rings (SSSR count). The fourth-order valence-corrected chi connectivity index (χ4v) is 2.67. The molecule has 0 fully saturated rings. The van der Waals surface area contributed by atoms with Crippen molar-refractivity contribution in [3.8, 4) is 0 Å². The second-order valence-corrected chi connectivity index (χ2v) is 9.88. The molecular weight excluding hydrogens is 202 g/mol. The number of aromatic nitrogens is 1. The van der Waals surface area contributed by atoms with E-state index in [1.165, 1.54) is 0 Å². The fraction of sp³-hybridized carbons (Fsp3) is 0.250. The highest BCUT2D eigenvalue weighted by Gasteiger charge is 2.18. The highest BCUT2D eigenvalue weighted by atomic mass is 28.3. The summed E-state index contributed by atoms with van der Waals surface area (Å²) in [6.45, 7) is 6.69. The molecule has 0 aliphatic carbocycles. The van der Waals surface area contributed by atoms with Crippen molar-refractivity contribution < 1.29 is 0 Å². The molecule has 0 aliphatic rings. The van der Waals surface area contributed by atoms with E-state index in [9.17, 15) is 4.79 Å². The van der Waals surface area contributed by atoms with Crippen LogP contribution in [0.4, 0.5) is 0 Å². The van der Waals surface area contributed by atoms with Gasteiger partial charge in [-0.2, -0.15) is 0 Å². The Hall–Kier alpha value is -1.35. The fourth-order valence-electron chi connectivity index (χ4n) is 1.60. The number of nitrogens with one attached hydrogen (secondary N) is 1. The van der Waals surface area contributed by atoms with Gasteiger partial charge >= 0.3 is 0 Å². The number of H-pyrrole nitrogens is 1. The lowest BCUT2D eigenvalue weighted by Crippen LogP contribution is -2.41. The zero-order chi connectivity index (χ0) is 11.1. The van der Waals surface area contributed by atoms with Gasteiger partial charge in [-0.3, -0.25) is 4.79 Å². The molecule has 1 N–H and O–H groups in total. The van der Waals surface area contributed by atoms with Crippen molar-refractivity contribution in [3.05, 3.63) is 40.6 Å². The maximum absolute atomic E-state index is 11.8. The summed E-state index contributed by atoms with van der Waals surface area (Å²) < 4.78 is 0. The van der Waals surface area contributed by atoms with Gasteiger partial charge in [0, 0.05) is 22.3 Å². The van der Waals surface area contributed by atoms with E-state index in [1.54, 1.807) is 6.07 Å². The molecule has 0 saturated carbocycles. The van der Waals surface area contributed by atoms with Crippen molar-refractivity contribution in [3.63, 3.8) is 0 Å². The summed E-state index contributed by atoms with van der Waals surface area (Å²) in [5.74, 6) is 0. The Balaban J connectivity index is 2.79. The number of benzene rings is 1. The van der Waals surface area contributed by atoms with Gasteiger partial charge in [-0.25, -0.2) is 0 Å². The number of pyridine rings is 1. The number of hydrogen-bond donors (Lipinski definition) is 1. The topological polar surface area (TPSA) is 32.9 Å². The van der Waals surface area contributed by atoms with Crippen LogP contribution >= 0.6 is 0 Å². The molecule has 0 unspecified atom stereocenters. The van der Waals surface area contributed by atoms with Crippen LogP contribution in [0.15, 0.2) is 35.1 Å². The molecule has 78 valence electrons. The van der Waals surface area contributed by atoms with Crippen LogP contribution in [0.1, 0.15) is 0 Å². The van der Waals surface area contributed by atoms with E-state index in [0.717, 1.165) is 16.2 Å². The third-order valence-corrected chi connectivity index (χ3v) is 4.43. The quantitative estimate of drug-likeness (QED) is 0.729. The molecule has 0 amide bonds. The van der Waals surface area contributed by atoms with Gasteiger partial charge in [-0.1, -0.05) is 31.8 Å². The van der Waals surface area contributed by atoms with Gasteiger partial charge < -0.3 is 4.98 Å². The van der Waals surface area contributed by atoms with Crippen molar-refractivity contribution in [2.75, 3.05) is 0 Å². The van der Waals surface area contributed by atoms with Gasteiger partial charge in [0.05, 0.1) is 8.07 Å². The van der Waals surface area contributed by atoms with E-state index in [2.05, 4.69) is 24.6 Å². The van der Waals surface area contributed by atoms with Gasteiger partial charge in [-0.05, 0) is 12.1 Å². The first-order valence-electron chi connectivity index (χ1n) is 5.11. The highest BCUT2D eigenvalue weighted by molar-refractivity contribution is 6.88. The van der Waals surface area contributed by atoms with Gasteiger partial charge in [0.1, 0.15) is 0 Å². The van der Waals surface area contributed by atoms with E-state index in [1.807, 2.05) is 24.3 Å². The minimum absolute atomic E-state index is 0.127. The highest BCUT2D eigenvalue weighted by Crippen LogP contribution is 2.06. The number of hydrogen-bond acceptors (Lipinski definition) is 1. The molecule has 0 radical (unpaired) electrons. The Morgan fingerprint density at radius 3 is 2.47 bits per heavy atom. The maximum Gasteiger partial charge on any atom is 0.189 e. The molecule has 0 aliphatic heterocycles. The average Bonchev–Trinajstić information content (AvgIpc) is 2.16. The predicted molar refractivity (Wildman–Crippen MR) is 67.5 cm³/mol. The van der Waals surface area contributed by atoms with Gasteiger partial charge in [-0.15, -0.1) is 0 Å². The SMILES string of the molecule is C[Si](C)(C)c1cc(=O)c2ccccc2[nH]1. The van der Waals surface area contributed by atoms with E-state index in [4.69, 9.17) is 0 Å². The summed E-state index contributed by atoms with van der Waals surface area (Å²) in [5, 5.41) is 1.89. The predicted octanol–water partition coefficient (Wildman–Crippen LogP) is 2.07. The number of para-hydroxylation sites is 1. The normalized spacial score (nSPS) is 11.9. The molecule has 1 heterocycles. The first-order chi connectivity index (χ1) is 6.98. The van der Waals surface area contributed by atoms with Crippen LogP contribution in [0.5, 0.6) is 0 Å². The molecule has 1 aromatic heterocycles. The lowest BCUT2D eigenvalue weighted by Gasteiger charge is -2.16. The molecule has 15 heavy (non-hydrogen) atoms. The lowest BCUT2D eigenvalue weighted by molar-refractivity contribution is 1.42. The molecule has 1 aromatic carbocycles. The third-order valence-electron chi connectivity index (χ3n) is 2.55. The minimum Gasteiger partial charge on any atom is -0.362 e. The van der Waals surface area contributed by atoms with E-state index in [0.29, 0.717) is 0 Å². The Bertz CT molecular complexity index is 551. The van der Waals surface area contributed by atoms with Crippen molar-refractivity contribution in [2.24, 2.45) is 0 Å². The first kappa shape index (κ1) is 10.2. The largest absolute Gasteiger partial charge is 0.362 e. The molecule has 3 heteroatoms. The maximum atomic E-state index is 11.8. The Morgan fingerprint density at radius 2 is 1.80 bits per heavy atom. The summed E-state index contributed by atoms with van der Waals surface area (Å²) >= 11 is 0. The van der Waals surface area contributed by atoms with Crippen LogP contribution in [0.2, 0.25) is 19.6 Å². The van der Waals surface area contributed by atoms with Gasteiger partial charge in [0.25, 0.3) is 0 Å². The summed E-state index contributed by atoms with van der Waals surface area (Å²) in [4.78, 5) is 15.2. The molecular formula is C12H15NOSi. The Morgan fingerprint density at radius 1 is 1.13 bits per heavy atom. The molecule has 0 atom stereocenters. The second kappa shape index (κ2) is 3.34. The van der Waals surface area contributed by atoms with Crippen LogP contribution in [0.25, 0.3) is 10.9 Å². The average molecular weight is 217 g/mol. The number of fused-ring (bicyclic) bond motifs is 1. The second-order valence-electron chi connectivity index (χ2n) is 4.84. The van der Waals surface area contributed by atoms with Crippen LogP contribution in [0, 0.1) is 0 Å². The van der Waals surface area contributed by atoms with Crippen LogP contribution in [-0.4, -0.2) is 13.1 Å². The molecule has 2 nitrogen and oxygen atoms in total. The minimum atomic E-state index is -1.44. The number of aromatic amines is 1. The number of rotatable bonds is 1. The van der Waals surface area contributed by atoms with E-state index in [-0.39, 0.29) is 5.43 Å². The Labute approximate surface area is 90.0 Å². The zero-order valence-corrected chi connectivity index (χ0v) is 10.3. The molecule has 2 aromatic rings. The summed E-state index contributed by atoms with van der Waals surface area (Å²) in [6.07, 6.45) is 0. The van der Waals surface area contributed by atoms with E-state index >= 15 is 0 Å². The summed E-state index contributed by atoms with van der Waals surface area (Å²) in [7, 11) is -1.44. The Kier molecular flexibility index (Phi) is 2.27. The van der Waals surface area contributed by atoms with Gasteiger partial charge in [0.15, 0.2) is 5.43 Å². The molecule has 0 spiro atoms. The van der Waals surface area contributed by atoms with Crippen LogP contribution < -0.4 is 10.7 Å². The summed E-state index contributed by atoms with van der Waals surface area (Å²) in [5.41, 5.74) is 1.07. The molecule has 0 saturated heterocycles. The smallest absolute Gasteiger partial charge is 0.189 e. The molecule has 0 bridgehead atoms. The standard InChI is InChI=1S/C12H15NOSi/c1-15(2,3)12-8-11(14)9-6-4-5-7-10(9)13-12/h4-8H,1-3H3,(H,13,14). The third kappa shape index (κ3) is 1.88. The van der Waals surface area contributed by atoms with Crippen molar-refractivity contribution in [1.29, 1.82) is 0 Å². The zero-order valence-electron chi connectivity index (χ0n) is 9.29. The van der Waals surface area contributed by atoms with Crippen LogP contribution in [-0.2, 0) is 0 Å². The van der Waals surface area contributed by atoms with Gasteiger partial charge in [0.2, 0.25) is 0 Å².